The van der Waals surface area contributed by atoms with Gasteiger partial charge in [-0.2, -0.15) is 0 Å². The molecule has 0 aliphatic rings. The molecule has 5 heteroatoms. The number of aromatic nitrogens is 2. The third-order valence-corrected chi connectivity index (χ3v) is 5.86. The quantitative estimate of drug-likeness (QED) is 0.333. The Morgan fingerprint density at radius 1 is 0.968 bits per heavy atom. The zero-order valence-electron chi connectivity index (χ0n) is 17.9. The highest BCUT2D eigenvalue weighted by atomic mass is 35.5. The molecule has 0 amide bonds. The van der Waals surface area contributed by atoms with Crippen LogP contribution >= 0.6 is 11.6 Å². The Morgan fingerprint density at radius 2 is 1.68 bits per heavy atom. The van der Waals surface area contributed by atoms with Crippen molar-refractivity contribution in [1.29, 1.82) is 0 Å². The van der Waals surface area contributed by atoms with E-state index in [0.717, 1.165) is 41.7 Å². The summed E-state index contributed by atoms with van der Waals surface area (Å²) in [6.07, 6.45) is 1.05. The number of halogens is 1. The first-order chi connectivity index (χ1) is 15.0. The SMILES string of the molecule is Cc1cc2nc(C(O)c3ccccc3)n(CCCCOc3ccc(Cl)cc3)c2cc1C. The summed E-state index contributed by atoms with van der Waals surface area (Å²) in [7, 11) is 0. The van der Waals surface area contributed by atoms with Gasteiger partial charge in [0.1, 0.15) is 17.7 Å². The predicted octanol–water partition coefficient (Wildman–Crippen LogP) is 6.25. The molecule has 1 atom stereocenters. The molecule has 4 aromatic rings. The first kappa shape index (κ1) is 21.4. The van der Waals surface area contributed by atoms with Crippen molar-refractivity contribution >= 4 is 22.6 Å². The van der Waals surface area contributed by atoms with Crippen LogP contribution in [0.3, 0.4) is 0 Å². The van der Waals surface area contributed by atoms with Crippen molar-refractivity contribution in [2.24, 2.45) is 0 Å². The maximum Gasteiger partial charge on any atom is 0.143 e. The average molecular weight is 435 g/mol. The minimum Gasteiger partial charge on any atom is -0.494 e. The van der Waals surface area contributed by atoms with E-state index < -0.39 is 6.10 Å². The van der Waals surface area contributed by atoms with Gasteiger partial charge < -0.3 is 14.4 Å². The largest absolute Gasteiger partial charge is 0.494 e. The van der Waals surface area contributed by atoms with E-state index >= 15 is 0 Å². The van der Waals surface area contributed by atoms with Crippen LogP contribution in [0.25, 0.3) is 11.0 Å². The number of rotatable bonds is 8. The highest BCUT2D eigenvalue weighted by molar-refractivity contribution is 6.30. The Kier molecular flexibility index (Phi) is 6.59. The molecule has 1 aromatic heterocycles. The molecule has 160 valence electrons. The van der Waals surface area contributed by atoms with Crippen LogP contribution in [0.2, 0.25) is 5.02 Å². The summed E-state index contributed by atoms with van der Waals surface area (Å²) in [5.41, 5.74) is 5.26. The van der Waals surface area contributed by atoms with E-state index in [2.05, 4.69) is 30.5 Å². The Hall–Kier alpha value is -2.82. The molecule has 4 rings (SSSR count). The zero-order chi connectivity index (χ0) is 21.8. The fourth-order valence-corrected chi connectivity index (χ4v) is 3.85. The van der Waals surface area contributed by atoms with Crippen LogP contribution in [-0.2, 0) is 6.54 Å². The van der Waals surface area contributed by atoms with Gasteiger partial charge in [-0.25, -0.2) is 4.98 Å². The van der Waals surface area contributed by atoms with Crippen LogP contribution in [0.5, 0.6) is 5.75 Å². The summed E-state index contributed by atoms with van der Waals surface area (Å²) in [6.45, 7) is 5.60. The van der Waals surface area contributed by atoms with Crippen molar-refractivity contribution in [3.63, 3.8) is 0 Å². The van der Waals surface area contributed by atoms with Gasteiger partial charge in [-0.15, -0.1) is 0 Å². The number of ether oxygens (including phenoxy) is 1. The third kappa shape index (κ3) is 4.92. The van der Waals surface area contributed by atoms with Gasteiger partial charge in [0, 0.05) is 11.6 Å². The van der Waals surface area contributed by atoms with Crippen LogP contribution < -0.4 is 4.74 Å². The normalized spacial score (nSPS) is 12.3. The molecule has 0 saturated carbocycles. The van der Waals surface area contributed by atoms with Gasteiger partial charge in [0.25, 0.3) is 0 Å². The topological polar surface area (TPSA) is 47.3 Å². The molecule has 3 aromatic carbocycles. The fourth-order valence-electron chi connectivity index (χ4n) is 3.72. The molecular weight excluding hydrogens is 408 g/mol. The van der Waals surface area contributed by atoms with Gasteiger partial charge in [0.15, 0.2) is 0 Å². The van der Waals surface area contributed by atoms with Crippen LogP contribution in [0.1, 0.15) is 41.5 Å². The van der Waals surface area contributed by atoms with Gasteiger partial charge in [-0.05, 0) is 79.8 Å². The van der Waals surface area contributed by atoms with Crippen molar-refractivity contribution in [3.8, 4) is 5.75 Å². The first-order valence-corrected chi connectivity index (χ1v) is 11.0. The fraction of sp³-hybridized carbons (Fsp3) is 0.269. The van der Waals surface area contributed by atoms with E-state index in [0.29, 0.717) is 17.5 Å². The molecule has 0 bridgehead atoms. The molecular formula is C26H27ClN2O2. The summed E-state index contributed by atoms with van der Waals surface area (Å²) in [5, 5.41) is 11.8. The van der Waals surface area contributed by atoms with Crippen LogP contribution in [0.15, 0.2) is 66.7 Å². The number of hydrogen-bond acceptors (Lipinski definition) is 3. The van der Waals surface area contributed by atoms with Crippen molar-refractivity contribution in [1.82, 2.24) is 9.55 Å². The van der Waals surface area contributed by atoms with E-state index in [1.165, 1.54) is 11.1 Å². The number of fused-ring (bicyclic) bond motifs is 1. The van der Waals surface area contributed by atoms with E-state index in [4.69, 9.17) is 21.3 Å². The number of imidazole rings is 1. The van der Waals surface area contributed by atoms with Crippen LogP contribution in [0, 0.1) is 13.8 Å². The molecule has 0 radical (unpaired) electrons. The number of unbranched alkanes of at least 4 members (excludes halogenated alkanes) is 1. The minimum absolute atomic E-state index is 0.628. The Balaban J connectivity index is 1.52. The Morgan fingerprint density at radius 3 is 2.42 bits per heavy atom. The summed E-state index contributed by atoms with van der Waals surface area (Å²) in [6, 6.07) is 21.4. The maximum atomic E-state index is 11.1. The molecule has 0 saturated heterocycles. The molecule has 4 nitrogen and oxygen atoms in total. The van der Waals surface area contributed by atoms with Crippen LogP contribution in [-0.4, -0.2) is 21.3 Å². The number of aliphatic hydroxyl groups is 1. The van der Waals surface area contributed by atoms with Gasteiger partial charge in [-0.3, -0.25) is 0 Å². The van der Waals surface area contributed by atoms with Gasteiger partial charge >= 0.3 is 0 Å². The molecule has 31 heavy (non-hydrogen) atoms. The number of aryl methyl sites for hydroxylation is 3. The van der Waals surface area contributed by atoms with E-state index in [1.54, 1.807) is 0 Å². The lowest BCUT2D eigenvalue weighted by molar-refractivity contribution is 0.204. The monoisotopic (exact) mass is 434 g/mol. The lowest BCUT2D eigenvalue weighted by atomic mass is 10.1. The number of aliphatic hydroxyl groups excluding tert-OH is 1. The Labute approximate surface area is 188 Å². The Bertz CT molecular complexity index is 1150. The lowest BCUT2D eigenvalue weighted by Crippen LogP contribution is -2.11. The summed E-state index contributed by atoms with van der Waals surface area (Å²) >= 11 is 5.92. The second-order valence-corrected chi connectivity index (χ2v) is 8.31. The highest BCUT2D eigenvalue weighted by Gasteiger charge is 2.20. The smallest absolute Gasteiger partial charge is 0.143 e. The van der Waals surface area contributed by atoms with Gasteiger partial charge in [0.05, 0.1) is 17.6 Å². The predicted molar refractivity (Wildman–Crippen MR) is 126 cm³/mol. The lowest BCUT2D eigenvalue weighted by Gasteiger charge is -2.15. The maximum absolute atomic E-state index is 11.1. The summed E-state index contributed by atoms with van der Waals surface area (Å²) < 4.78 is 7.97. The van der Waals surface area contributed by atoms with Crippen molar-refractivity contribution in [3.05, 3.63) is 94.3 Å². The second kappa shape index (κ2) is 9.54. The van der Waals surface area contributed by atoms with Crippen molar-refractivity contribution < 1.29 is 9.84 Å². The number of nitrogens with zero attached hydrogens (tertiary/aromatic N) is 2. The molecule has 0 fully saturated rings. The van der Waals surface area contributed by atoms with Crippen LogP contribution in [0.4, 0.5) is 0 Å². The van der Waals surface area contributed by atoms with Gasteiger partial charge in [-0.1, -0.05) is 41.9 Å². The minimum atomic E-state index is -0.764. The van der Waals surface area contributed by atoms with E-state index in [9.17, 15) is 5.11 Å². The molecule has 1 heterocycles. The molecule has 1 N–H and O–H groups in total. The standard InChI is InChI=1S/C26H27ClN2O2/c1-18-16-23-24(17-19(18)2)29(26(28-23)25(30)20-8-4-3-5-9-20)14-6-7-15-31-22-12-10-21(27)11-13-22/h3-5,8-13,16-17,25,30H,6-7,14-15H2,1-2H3. The van der Waals surface area contributed by atoms with Gasteiger partial charge in [0.2, 0.25) is 0 Å². The highest BCUT2D eigenvalue weighted by Crippen LogP contribution is 2.28. The van der Waals surface area contributed by atoms with Crippen molar-refractivity contribution in [2.75, 3.05) is 6.61 Å². The molecule has 0 aliphatic carbocycles. The first-order valence-electron chi connectivity index (χ1n) is 10.6. The van der Waals surface area contributed by atoms with Crippen molar-refractivity contribution in [2.45, 2.75) is 39.3 Å². The van der Waals surface area contributed by atoms with E-state index in [-0.39, 0.29) is 0 Å². The molecule has 0 spiro atoms. The van der Waals surface area contributed by atoms with E-state index in [1.807, 2.05) is 54.6 Å². The third-order valence-electron chi connectivity index (χ3n) is 5.61. The summed E-state index contributed by atoms with van der Waals surface area (Å²) in [5.74, 6) is 1.51. The average Bonchev–Trinajstić information content (AvgIpc) is 3.12. The second-order valence-electron chi connectivity index (χ2n) is 7.87. The summed E-state index contributed by atoms with van der Waals surface area (Å²) in [4.78, 5) is 4.81. The number of hydrogen-bond donors (Lipinski definition) is 1. The zero-order valence-corrected chi connectivity index (χ0v) is 18.6. The molecule has 1 unspecified atom stereocenters. The number of benzene rings is 3. The molecule has 0 aliphatic heterocycles.